The van der Waals surface area contributed by atoms with Crippen molar-refractivity contribution < 1.29 is 4.74 Å². The van der Waals surface area contributed by atoms with Crippen LogP contribution in [0.25, 0.3) is 0 Å². The van der Waals surface area contributed by atoms with E-state index in [9.17, 15) is 0 Å². The predicted molar refractivity (Wildman–Crippen MR) is 89.4 cm³/mol. The number of fused-ring (bicyclic) bond motifs is 2. The van der Waals surface area contributed by atoms with Crippen LogP contribution in [0.1, 0.15) is 30.1 Å². The molecular formula is C19H17ClN2O. The fourth-order valence-corrected chi connectivity index (χ4v) is 4.05. The van der Waals surface area contributed by atoms with E-state index in [0.29, 0.717) is 0 Å². The van der Waals surface area contributed by atoms with Gasteiger partial charge in [-0.2, -0.15) is 5.26 Å². The summed E-state index contributed by atoms with van der Waals surface area (Å²) in [5.41, 5.74) is 2.37. The molecule has 23 heavy (non-hydrogen) atoms. The molecule has 2 aromatic rings. The number of halogens is 1. The van der Waals surface area contributed by atoms with Crippen LogP contribution in [-0.2, 0) is 5.41 Å². The molecule has 2 aliphatic heterocycles. The maximum atomic E-state index is 9.16. The minimum Gasteiger partial charge on any atom is -0.484 e. The van der Waals surface area contributed by atoms with Crippen molar-refractivity contribution in [3.63, 3.8) is 0 Å². The highest BCUT2D eigenvalue weighted by Crippen LogP contribution is 2.55. The first-order chi connectivity index (χ1) is 11.2. The number of piperidine rings is 1. The first kappa shape index (κ1) is 14.4. The first-order valence-corrected chi connectivity index (χ1v) is 8.27. The molecule has 2 aromatic carbocycles. The van der Waals surface area contributed by atoms with Crippen LogP contribution in [0, 0.1) is 11.5 Å². The SMILES string of the molecule is N#CN1CCC2(CC1)c1ccccc1OC2c1ccc(Cl)cc1. The molecule has 1 unspecified atom stereocenters. The number of hydrogen-bond donors (Lipinski definition) is 0. The van der Waals surface area contributed by atoms with E-state index in [-0.39, 0.29) is 11.5 Å². The molecule has 4 heteroatoms. The molecule has 2 heterocycles. The number of likely N-dealkylation sites (tertiary alicyclic amines) is 1. The minimum absolute atomic E-state index is 0.0157. The summed E-state index contributed by atoms with van der Waals surface area (Å²) in [6.07, 6.45) is 4.10. The highest BCUT2D eigenvalue weighted by atomic mass is 35.5. The van der Waals surface area contributed by atoms with Crippen LogP contribution in [0.2, 0.25) is 5.02 Å². The Morgan fingerprint density at radius 3 is 2.48 bits per heavy atom. The third-order valence-electron chi connectivity index (χ3n) is 5.14. The van der Waals surface area contributed by atoms with Gasteiger partial charge >= 0.3 is 0 Å². The third kappa shape index (κ3) is 2.26. The van der Waals surface area contributed by atoms with E-state index in [4.69, 9.17) is 21.6 Å². The second-order valence-electron chi connectivity index (χ2n) is 6.29. The summed E-state index contributed by atoms with van der Waals surface area (Å²) in [6.45, 7) is 1.55. The van der Waals surface area contributed by atoms with Crippen molar-refractivity contribution in [2.45, 2.75) is 24.4 Å². The molecule has 2 aliphatic rings. The van der Waals surface area contributed by atoms with Gasteiger partial charge in [0.25, 0.3) is 0 Å². The van der Waals surface area contributed by atoms with Gasteiger partial charge in [-0.05, 0) is 36.6 Å². The predicted octanol–water partition coefficient (Wildman–Crippen LogP) is 4.29. The molecule has 0 bridgehead atoms. The molecule has 0 aliphatic carbocycles. The molecular weight excluding hydrogens is 308 g/mol. The maximum absolute atomic E-state index is 9.16. The molecule has 1 fully saturated rings. The van der Waals surface area contributed by atoms with Crippen LogP contribution in [0.3, 0.4) is 0 Å². The van der Waals surface area contributed by atoms with Gasteiger partial charge < -0.3 is 9.64 Å². The van der Waals surface area contributed by atoms with Crippen LogP contribution in [-0.4, -0.2) is 18.0 Å². The lowest BCUT2D eigenvalue weighted by molar-refractivity contribution is 0.0946. The largest absolute Gasteiger partial charge is 0.484 e. The van der Waals surface area contributed by atoms with Gasteiger partial charge in [0.1, 0.15) is 11.9 Å². The number of benzene rings is 2. The molecule has 0 aromatic heterocycles. The number of hydrogen-bond acceptors (Lipinski definition) is 3. The van der Waals surface area contributed by atoms with Gasteiger partial charge in [-0.1, -0.05) is 41.9 Å². The van der Waals surface area contributed by atoms with Crippen molar-refractivity contribution >= 4 is 11.6 Å². The second kappa shape index (κ2) is 5.47. The van der Waals surface area contributed by atoms with Gasteiger partial charge in [0.05, 0.1) is 0 Å². The summed E-state index contributed by atoms with van der Waals surface area (Å²) >= 11 is 6.04. The van der Waals surface area contributed by atoms with Crippen molar-refractivity contribution in [1.82, 2.24) is 4.90 Å². The molecule has 1 spiro atoms. The van der Waals surface area contributed by atoms with Crippen LogP contribution < -0.4 is 4.74 Å². The molecule has 116 valence electrons. The topological polar surface area (TPSA) is 36.3 Å². The second-order valence-corrected chi connectivity index (χ2v) is 6.73. The zero-order valence-corrected chi connectivity index (χ0v) is 13.5. The van der Waals surface area contributed by atoms with Crippen LogP contribution in [0.5, 0.6) is 5.75 Å². The van der Waals surface area contributed by atoms with E-state index < -0.39 is 0 Å². The molecule has 0 amide bonds. The van der Waals surface area contributed by atoms with E-state index in [1.54, 1.807) is 0 Å². The highest BCUT2D eigenvalue weighted by Gasteiger charge is 2.50. The molecule has 1 atom stereocenters. The smallest absolute Gasteiger partial charge is 0.179 e. The van der Waals surface area contributed by atoms with Crippen molar-refractivity contribution in [2.24, 2.45) is 0 Å². The zero-order chi connectivity index (χ0) is 15.9. The van der Waals surface area contributed by atoms with Gasteiger partial charge in [0.2, 0.25) is 0 Å². The maximum Gasteiger partial charge on any atom is 0.179 e. The third-order valence-corrected chi connectivity index (χ3v) is 5.39. The molecule has 0 N–H and O–H groups in total. The Morgan fingerprint density at radius 1 is 1.09 bits per heavy atom. The van der Waals surface area contributed by atoms with Gasteiger partial charge in [-0.25, -0.2) is 0 Å². The Labute approximate surface area is 141 Å². The Kier molecular flexibility index (Phi) is 3.43. The molecule has 0 radical (unpaired) electrons. The molecule has 3 nitrogen and oxygen atoms in total. The number of nitriles is 1. The van der Waals surface area contributed by atoms with Crippen LogP contribution in [0.15, 0.2) is 48.5 Å². The van der Waals surface area contributed by atoms with Crippen LogP contribution >= 0.6 is 11.6 Å². The lowest BCUT2D eigenvalue weighted by Gasteiger charge is -2.40. The summed E-state index contributed by atoms with van der Waals surface area (Å²) in [6, 6.07) is 16.3. The average molecular weight is 325 g/mol. The number of para-hydroxylation sites is 1. The fourth-order valence-electron chi connectivity index (χ4n) is 3.92. The number of rotatable bonds is 1. The van der Waals surface area contributed by atoms with Crippen LogP contribution in [0.4, 0.5) is 0 Å². The van der Waals surface area contributed by atoms with Crippen molar-refractivity contribution in [3.8, 4) is 11.9 Å². The Hall–Kier alpha value is -2.18. The van der Waals surface area contributed by atoms with E-state index in [1.807, 2.05) is 29.2 Å². The van der Waals surface area contributed by atoms with E-state index >= 15 is 0 Å². The van der Waals surface area contributed by atoms with E-state index in [1.165, 1.54) is 5.56 Å². The standard InChI is InChI=1S/C19H17ClN2O/c20-15-7-5-14(6-8-15)18-19(9-11-22(13-21)12-10-19)16-3-1-2-4-17(16)23-18/h1-8,18H,9-12H2. The minimum atomic E-state index is -0.0578. The average Bonchev–Trinajstić information content (AvgIpc) is 2.91. The van der Waals surface area contributed by atoms with Crippen molar-refractivity contribution in [2.75, 3.05) is 13.1 Å². The summed E-state index contributed by atoms with van der Waals surface area (Å²) in [4.78, 5) is 1.84. The lowest BCUT2D eigenvalue weighted by atomic mass is 9.68. The molecule has 0 saturated carbocycles. The van der Waals surface area contributed by atoms with Gasteiger partial charge in [0, 0.05) is 29.1 Å². The number of nitrogens with zero attached hydrogens (tertiary/aromatic N) is 2. The normalized spacial score (nSPS) is 21.6. The monoisotopic (exact) mass is 324 g/mol. The Balaban J connectivity index is 1.77. The Morgan fingerprint density at radius 2 is 1.78 bits per heavy atom. The summed E-state index contributed by atoms with van der Waals surface area (Å²) < 4.78 is 6.35. The first-order valence-electron chi connectivity index (χ1n) is 7.89. The fraction of sp³-hybridized carbons (Fsp3) is 0.316. The van der Waals surface area contributed by atoms with Gasteiger partial charge in [-0.15, -0.1) is 0 Å². The summed E-state index contributed by atoms with van der Waals surface area (Å²) in [7, 11) is 0. The van der Waals surface area contributed by atoms with E-state index in [2.05, 4.69) is 30.5 Å². The van der Waals surface area contributed by atoms with Crippen molar-refractivity contribution in [1.29, 1.82) is 5.26 Å². The van der Waals surface area contributed by atoms with E-state index in [0.717, 1.165) is 42.3 Å². The Bertz CT molecular complexity index is 758. The zero-order valence-electron chi connectivity index (χ0n) is 12.7. The van der Waals surface area contributed by atoms with Gasteiger partial charge in [-0.3, -0.25) is 0 Å². The van der Waals surface area contributed by atoms with Gasteiger partial charge in [0.15, 0.2) is 6.19 Å². The summed E-state index contributed by atoms with van der Waals surface area (Å²) in [5, 5.41) is 9.89. The number of ether oxygens (including phenoxy) is 1. The lowest BCUT2D eigenvalue weighted by Crippen LogP contribution is -2.43. The highest BCUT2D eigenvalue weighted by molar-refractivity contribution is 6.30. The van der Waals surface area contributed by atoms with Crippen molar-refractivity contribution in [3.05, 3.63) is 64.7 Å². The molecule has 1 saturated heterocycles. The molecule has 4 rings (SSSR count). The quantitative estimate of drug-likeness (QED) is 0.734. The summed E-state index contributed by atoms with van der Waals surface area (Å²) in [5.74, 6) is 0.970.